The zero-order chi connectivity index (χ0) is 12.1. The van der Waals surface area contributed by atoms with Gasteiger partial charge in [-0.3, -0.25) is 0 Å². The van der Waals surface area contributed by atoms with Gasteiger partial charge in [0.1, 0.15) is 0 Å². The SMILES string of the molecule is CC1CCCC(CC(N)Cc2ccccc2)C1. The van der Waals surface area contributed by atoms with E-state index in [-0.39, 0.29) is 0 Å². The maximum absolute atomic E-state index is 6.28. The zero-order valence-electron chi connectivity index (χ0n) is 10.9. The normalized spacial score (nSPS) is 26.7. The van der Waals surface area contributed by atoms with Crippen LogP contribution in [0.15, 0.2) is 30.3 Å². The van der Waals surface area contributed by atoms with E-state index in [1.54, 1.807) is 0 Å². The Hall–Kier alpha value is -0.820. The Bertz CT molecular complexity index is 320. The van der Waals surface area contributed by atoms with Gasteiger partial charge in [0.05, 0.1) is 0 Å². The second-order valence-corrected chi connectivity index (χ2v) is 5.82. The van der Waals surface area contributed by atoms with Crippen LogP contribution in [-0.4, -0.2) is 6.04 Å². The molecule has 1 fully saturated rings. The molecule has 0 saturated heterocycles. The lowest BCUT2D eigenvalue weighted by Crippen LogP contribution is -2.28. The van der Waals surface area contributed by atoms with E-state index in [2.05, 4.69) is 37.3 Å². The van der Waals surface area contributed by atoms with Crippen molar-refractivity contribution in [1.29, 1.82) is 0 Å². The van der Waals surface area contributed by atoms with Gasteiger partial charge in [-0.2, -0.15) is 0 Å². The van der Waals surface area contributed by atoms with Gasteiger partial charge in [0.15, 0.2) is 0 Å². The summed E-state index contributed by atoms with van der Waals surface area (Å²) in [5, 5.41) is 0. The highest BCUT2D eigenvalue weighted by Crippen LogP contribution is 2.31. The second-order valence-electron chi connectivity index (χ2n) is 5.82. The van der Waals surface area contributed by atoms with E-state index in [1.807, 2.05) is 0 Å². The minimum absolute atomic E-state index is 0.340. The topological polar surface area (TPSA) is 26.0 Å². The smallest absolute Gasteiger partial charge is 0.00819 e. The monoisotopic (exact) mass is 231 g/mol. The van der Waals surface area contributed by atoms with Gasteiger partial charge in [0.25, 0.3) is 0 Å². The van der Waals surface area contributed by atoms with Crippen LogP contribution in [0.25, 0.3) is 0 Å². The summed E-state index contributed by atoms with van der Waals surface area (Å²) in [6.45, 7) is 2.38. The minimum atomic E-state index is 0.340. The summed E-state index contributed by atoms with van der Waals surface area (Å²) in [6.07, 6.45) is 7.86. The Labute approximate surface area is 105 Å². The van der Waals surface area contributed by atoms with Crippen molar-refractivity contribution in [3.63, 3.8) is 0 Å². The molecule has 0 aromatic heterocycles. The molecule has 0 heterocycles. The lowest BCUT2D eigenvalue weighted by atomic mass is 9.79. The van der Waals surface area contributed by atoms with Crippen LogP contribution >= 0.6 is 0 Å². The molecular weight excluding hydrogens is 206 g/mol. The fourth-order valence-corrected chi connectivity index (χ4v) is 3.20. The van der Waals surface area contributed by atoms with E-state index in [1.165, 1.54) is 37.7 Å². The van der Waals surface area contributed by atoms with E-state index in [9.17, 15) is 0 Å². The average Bonchev–Trinajstić information content (AvgIpc) is 2.30. The average molecular weight is 231 g/mol. The molecule has 0 radical (unpaired) electrons. The molecule has 0 bridgehead atoms. The van der Waals surface area contributed by atoms with Crippen LogP contribution in [0.1, 0.15) is 44.6 Å². The molecule has 1 saturated carbocycles. The molecule has 3 unspecified atom stereocenters. The Morgan fingerprint density at radius 2 is 2.00 bits per heavy atom. The molecule has 1 aliphatic carbocycles. The van der Waals surface area contributed by atoms with Crippen LogP contribution in [0, 0.1) is 11.8 Å². The Morgan fingerprint density at radius 3 is 2.71 bits per heavy atom. The van der Waals surface area contributed by atoms with Crippen molar-refractivity contribution in [3.05, 3.63) is 35.9 Å². The molecule has 1 aromatic rings. The Balaban J connectivity index is 1.79. The van der Waals surface area contributed by atoms with Gasteiger partial charge in [-0.15, -0.1) is 0 Å². The molecule has 1 aromatic carbocycles. The number of rotatable bonds is 4. The van der Waals surface area contributed by atoms with Crippen LogP contribution in [0.4, 0.5) is 0 Å². The molecule has 2 rings (SSSR count). The van der Waals surface area contributed by atoms with Crippen LogP contribution in [0.3, 0.4) is 0 Å². The van der Waals surface area contributed by atoms with Crippen LogP contribution < -0.4 is 5.73 Å². The van der Waals surface area contributed by atoms with E-state index < -0.39 is 0 Å². The van der Waals surface area contributed by atoms with E-state index in [0.717, 1.165) is 18.3 Å². The highest BCUT2D eigenvalue weighted by Gasteiger charge is 2.20. The van der Waals surface area contributed by atoms with Crippen molar-refractivity contribution in [2.45, 2.75) is 51.5 Å². The number of hydrogen-bond donors (Lipinski definition) is 1. The Morgan fingerprint density at radius 1 is 1.24 bits per heavy atom. The lowest BCUT2D eigenvalue weighted by molar-refractivity contribution is 0.256. The summed E-state index contributed by atoms with van der Waals surface area (Å²) in [6, 6.07) is 11.0. The summed E-state index contributed by atoms with van der Waals surface area (Å²) < 4.78 is 0. The molecule has 1 aliphatic rings. The zero-order valence-corrected chi connectivity index (χ0v) is 10.9. The molecule has 94 valence electrons. The standard InChI is InChI=1S/C16H25N/c1-13-6-5-9-15(10-13)12-16(17)11-14-7-3-2-4-8-14/h2-4,7-8,13,15-16H,5-6,9-12,17H2,1H3. The molecule has 1 heteroatoms. The number of nitrogens with two attached hydrogens (primary N) is 1. The first-order valence-corrected chi connectivity index (χ1v) is 7.03. The summed E-state index contributed by atoms with van der Waals surface area (Å²) in [5.41, 5.74) is 7.66. The van der Waals surface area contributed by atoms with Crippen molar-refractivity contribution < 1.29 is 0 Å². The summed E-state index contributed by atoms with van der Waals surface area (Å²) in [5.74, 6) is 1.79. The highest BCUT2D eigenvalue weighted by atomic mass is 14.6. The van der Waals surface area contributed by atoms with Crippen LogP contribution in [0.5, 0.6) is 0 Å². The second kappa shape index (κ2) is 6.20. The molecule has 17 heavy (non-hydrogen) atoms. The molecule has 0 spiro atoms. The fourth-order valence-electron chi connectivity index (χ4n) is 3.20. The maximum Gasteiger partial charge on any atom is 0.00819 e. The first-order valence-electron chi connectivity index (χ1n) is 7.03. The van der Waals surface area contributed by atoms with Gasteiger partial charge in [0, 0.05) is 6.04 Å². The van der Waals surface area contributed by atoms with Crippen molar-refractivity contribution in [2.24, 2.45) is 17.6 Å². The van der Waals surface area contributed by atoms with Crippen LogP contribution in [-0.2, 0) is 6.42 Å². The molecular formula is C16H25N. The van der Waals surface area contributed by atoms with Crippen molar-refractivity contribution in [2.75, 3.05) is 0 Å². The summed E-state index contributed by atoms with van der Waals surface area (Å²) in [4.78, 5) is 0. The molecule has 2 N–H and O–H groups in total. The molecule has 1 nitrogen and oxygen atoms in total. The maximum atomic E-state index is 6.28. The van der Waals surface area contributed by atoms with Crippen LogP contribution in [0.2, 0.25) is 0 Å². The van der Waals surface area contributed by atoms with Crippen molar-refractivity contribution in [1.82, 2.24) is 0 Å². The Kier molecular flexibility index (Phi) is 4.61. The minimum Gasteiger partial charge on any atom is -0.327 e. The van der Waals surface area contributed by atoms with E-state index in [4.69, 9.17) is 5.73 Å². The summed E-state index contributed by atoms with van der Waals surface area (Å²) >= 11 is 0. The quantitative estimate of drug-likeness (QED) is 0.838. The largest absolute Gasteiger partial charge is 0.327 e. The van der Waals surface area contributed by atoms with Gasteiger partial charge >= 0.3 is 0 Å². The number of hydrogen-bond acceptors (Lipinski definition) is 1. The predicted molar refractivity (Wildman–Crippen MR) is 73.9 cm³/mol. The highest BCUT2D eigenvalue weighted by molar-refractivity contribution is 5.15. The van der Waals surface area contributed by atoms with Gasteiger partial charge in [0.2, 0.25) is 0 Å². The van der Waals surface area contributed by atoms with E-state index >= 15 is 0 Å². The van der Waals surface area contributed by atoms with Gasteiger partial charge in [-0.05, 0) is 36.7 Å². The van der Waals surface area contributed by atoms with Crippen molar-refractivity contribution >= 4 is 0 Å². The van der Waals surface area contributed by atoms with Gasteiger partial charge < -0.3 is 5.73 Å². The molecule has 0 aliphatic heterocycles. The van der Waals surface area contributed by atoms with Gasteiger partial charge in [-0.1, -0.05) is 56.5 Å². The lowest BCUT2D eigenvalue weighted by Gasteiger charge is -2.28. The molecule has 3 atom stereocenters. The first-order chi connectivity index (χ1) is 8.24. The van der Waals surface area contributed by atoms with E-state index in [0.29, 0.717) is 6.04 Å². The fraction of sp³-hybridized carbons (Fsp3) is 0.625. The third-order valence-electron chi connectivity index (χ3n) is 4.02. The summed E-state index contributed by atoms with van der Waals surface area (Å²) in [7, 11) is 0. The molecule has 0 amide bonds. The number of benzene rings is 1. The van der Waals surface area contributed by atoms with Crippen molar-refractivity contribution in [3.8, 4) is 0 Å². The third kappa shape index (κ3) is 4.16. The predicted octanol–water partition coefficient (Wildman–Crippen LogP) is 3.77. The van der Waals surface area contributed by atoms with Gasteiger partial charge in [-0.25, -0.2) is 0 Å². The first kappa shape index (κ1) is 12.6. The third-order valence-corrected chi connectivity index (χ3v) is 4.02.